The Balaban J connectivity index is 1.52. The van der Waals surface area contributed by atoms with Crippen LogP contribution in [-0.2, 0) is 9.47 Å². The second-order valence-electron chi connectivity index (χ2n) is 6.77. The molecule has 0 radical (unpaired) electrons. The molecule has 10 heteroatoms. The van der Waals surface area contributed by atoms with Crippen LogP contribution in [0.4, 0.5) is 16.1 Å². The summed E-state index contributed by atoms with van der Waals surface area (Å²) in [7, 11) is 1.65. The van der Waals surface area contributed by atoms with Crippen molar-refractivity contribution >= 4 is 29.7 Å². The van der Waals surface area contributed by atoms with Gasteiger partial charge in [-0.15, -0.1) is 0 Å². The molecule has 1 aromatic heterocycles. The van der Waals surface area contributed by atoms with Crippen LogP contribution in [0.15, 0.2) is 22.8 Å². The summed E-state index contributed by atoms with van der Waals surface area (Å²) in [5, 5.41) is 2.98. The minimum atomic E-state index is -0.364. The van der Waals surface area contributed by atoms with Crippen LogP contribution >= 0.6 is 12.1 Å². The van der Waals surface area contributed by atoms with Gasteiger partial charge in [0.25, 0.3) is 11.9 Å². The van der Waals surface area contributed by atoms with Gasteiger partial charge in [0, 0.05) is 38.0 Å². The van der Waals surface area contributed by atoms with E-state index in [1.165, 1.54) is 24.5 Å². The number of aromatic nitrogens is 1. The molecule has 3 rings (SSSR count). The van der Waals surface area contributed by atoms with Gasteiger partial charge in [0.15, 0.2) is 5.69 Å². The van der Waals surface area contributed by atoms with Crippen LogP contribution in [0, 0.1) is 19.7 Å². The van der Waals surface area contributed by atoms with Gasteiger partial charge in [-0.2, -0.15) is 4.98 Å². The normalized spacial score (nSPS) is 17.7. The van der Waals surface area contributed by atoms with Crippen molar-refractivity contribution in [1.29, 1.82) is 0 Å². The van der Waals surface area contributed by atoms with E-state index in [-0.39, 0.29) is 29.5 Å². The Morgan fingerprint density at radius 2 is 2.21 bits per heavy atom. The maximum Gasteiger partial charge on any atom is 0.299 e. The fourth-order valence-electron chi connectivity index (χ4n) is 2.84. The molecule has 1 atom stereocenters. The molecule has 0 saturated carbocycles. The molecule has 1 aromatic carbocycles. The van der Waals surface area contributed by atoms with Crippen molar-refractivity contribution in [3.63, 3.8) is 0 Å². The van der Waals surface area contributed by atoms with Gasteiger partial charge in [-0.3, -0.25) is 9.52 Å². The van der Waals surface area contributed by atoms with Crippen LogP contribution in [0.3, 0.4) is 0 Å². The summed E-state index contributed by atoms with van der Waals surface area (Å²) in [4.78, 5) is 16.5. The average molecular weight is 424 g/mol. The quantitative estimate of drug-likeness (QED) is 0.655. The molecule has 2 heterocycles. The third kappa shape index (κ3) is 5.92. The molecule has 0 bridgehead atoms. The molecule has 1 aliphatic heterocycles. The Morgan fingerprint density at radius 3 is 3.00 bits per heavy atom. The molecule has 0 unspecified atom stereocenters. The molecule has 8 nitrogen and oxygen atoms in total. The number of nitrogens with one attached hydrogen (secondary N) is 2. The van der Waals surface area contributed by atoms with Crippen LogP contribution in [0.2, 0.25) is 0 Å². The van der Waals surface area contributed by atoms with E-state index in [1.54, 1.807) is 27.0 Å². The zero-order valence-electron chi connectivity index (χ0n) is 16.7. The van der Waals surface area contributed by atoms with Crippen molar-refractivity contribution in [1.82, 2.24) is 14.0 Å². The fraction of sp³-hybridized carbons (Fsp3) is 0.474. The molecule has 0 aliphatic carbocycles. The first-order chi connectivity index (χ1) is 14.0. The molecular formula is C19H25FN4O4S. The topological polar surface area (TPSA) is 88.9 Å². The number of ether oxygens (including phenoxy) is 2. The number of hydrogen-bond donors (Lipinski definition) is 2. The van der Waals surface area contributed by atoms with Gasteiger partial charge in [0.05, 0.1) is 19.3 Å². The summed E-state index contributed by atoms with van der Waals surface area (Å²) >= 11 is 1.22. The summed E-state index contributed by atoms with van der Waals surface area (Å²) in [5.41, 5.74) is 2.04. The van der Waals surface area contributed by atoms with E-state index < -0.39 is 0 Å². The van der Waals surface area contributed by atoms with Gasteiger partial charge in [0.1, 0.15) is 12.1 Å². The molecule has 29 heavy (non-hydrogen) atoms. The van der Waals surface area contributed by atoms with Crippen molar-refractivity contribution in [2.24, 2.45) is 0 Å². The molecular weight excluding hydrogens is 399 g/mol. The van der Waals surface area contributed by atoms with Crippen molar-refractivity contribution in [3.8, 4) is 0 Å². The molecule has 1 amide bonds. The lowest BCUT2D eigenvalue weighted by Gasteiger charge is -2.17. The lowest BCUT2D eigenvalue weighted by molar-refractivity contribution is 0.00564. The predicted molar refractivity (Wildman–Crippen MR) is 109 cm³/mol. The highest BCUT2D eigenvalue weighted by molar-refractivity contribution is 7.95. The molecule has 0 spiro atoms. The van der Waals surface area contributed by atoms with E-state index in [1.807, 2.05) is 4.31 Å². The number of aryl methyl sites for hydroxylation is 2. The van der Waals surface area contributed by atoms with Gasteiger partial charge in [0.2, 0.25) is 0 Å². The minimum absolute atomic E-state index is 0.0732. The summed E-state index contributed by atoms with van der Waals surface area (Å²) in [6.45, 7) is 6.06. The zero-order chi connectivity index (χ0) is 20.8. The lowest BCUT2D eigenvalue weighted by atomic mass is 10.1. The molecule has 1 saturated heterocycles. The highest BCUT2D eigenvalue weighted by atomic mass is 32.2. The van der Waals surface area contributed by atoms with Crippen molar-refractivity contribution < 1.29 is 23.1 Å². The van der Waals surface area contributed by atoms with Gasteiger partial charge >= 0.3 is 0 Å². The smallest absolute Gasteiger partial charge is 0.299 e. The number of anilines is 2. The Labute approximate surface area is 173 Å². The number of carbonyl (C=O) groups is 1. The first kappa shape index (κ1) is 21.6. The monoisotopic (exact) mass is 424 g/mol. The summed E-state index contributed by atoms with van der Waals surface area (Å²) in [6, 6.07) is 3.27. The van der Waals surface area contributed by atoms with E-state index in [0.29, 0.717) is 36.6 Å². The Kier molecular flexibility index (Phi) is 7.48. The Morgan fingerprint density at radius 1 is 1.38 bits per heavy atom. The molecule has 158 valence electrons. The standard InChI is InChI=1S/C19H25FN4O4S/c1-12-9-16(13(2)8-15(12)20)21-19-22-17(11-28-19)18(25)23-29-24-5-4-14(10-26-3)27-7-6-24/h8-9,11,14H,4-7,10H2,1-3H3,(H,21,22)(H,23,25)/t14-/m1/s1. The van der Waals surface area contributed by atoms with Gasteiger partial charge in [-0.25, -0.2) is 8.70 Å². The van der Waals surface area contributed by atoms with Crippen molar-refractivity contribution in [2.75, 3.05) is 38.7 Å². The maximum atomic E-state index is 13.6. The molecule has 2 aromatic rings. The second-order valence-corrected chi connectivity index (χ2v) is 7.67. The number of halogens is 1. The Bertz CT molecular complexity index is 848. The van der Waals surface area contributed by atoms with E-state index >= 15 is 0 Å². The maximum absolute atomic E-state index is 13.6. The number of amides is 1. The van der Waals surface area contributed by atoms with E-state index in [2.05, 4.69) is 15.0 Å². The third-order valence-electron chi connectivity index (χ3n) is 4.50. The average Bonchev–Trinajstić information content (AvgIpc) is 3.04. The van der Waals surface area contributed by atoms with Crippen molar-refractivity contribution in [2.45, 2.75) is 26.4 Å². The number of nitrogens with zero attached hydrogens (tertiary/aromatic N) is 2. The molecule has 2 N–H and O–H groups in total. The first-order valence-electron chi connectivity index (χ1n) is 9.28. The van der Waals surface area contributed by atoms with E-state index in [9.17, 15) is 9.18 Å². The first-order valence-corrected chi connectivity index (χ1v) is 10.1. The van der Waals surface area contributed by atoms with Crippen LogP contribution < -0.4 is 10.0 Å². The van der Waals surface area contributed by atoms with Crippen molar-refractivity contribution in [3.05, 3.63) is 41.0 Å². The predicted octanol–water partition coefficient (Wildman–Crippen LogP) is 3.20. The molecule has 1 fully saturated rings. The lowest BCUT2D eigenvalue weighted by Crippen LogP contribution is -2.27. The van der Waals surface area contributed by atoms with Gasteiger partial charge < -0.3 is 19.2 Å². The number of carbonyl (C=O) groups excluding carboxylic acids is 1. The largest absolute Gasteiger partial charge is 0.431 e. The highest BCUT2D eigenvalue weighted by Gasteiger charge is 2.20. The summed E-state index contributed by atoms with van der Waals surface area (Å²) in [6.07, 6.45) is 2.18. The minimum Gasteiger partial charge on any atom is -0.431 e. The number of hydrogen-bond acceptors (Lipinski definition) is 8. The van der Waals surface area contributed by atoms with Crippen LogP contribution in [0.1, 0.15) is 28.0 Å². The summed E-state index contributed by atoms with van der Waals surface area (Å²) in [5.74, 6) is -0.637. The van der Waals surface area contributed by atoms with Gasteiger partial charge in [-0.1, -0.05) is 0 Å². The fourth-order valence-corrected chi connectivity index (χ4v) is 3.52. The SMILES string of the molecule is COC[C@H]1CCN(SNC(=O)c2coc(Nc3cc(C)c(F)cc3C)n2)CCO1. The van der Waals surface area contributed by atoms with Crippen LogP contribution in [0.25, 0.3) is 0 Å². The number of rotatable bonds is 7. The second kappa shape index (κ2) is 10.1. The van der Waals surface area contributed by atoms with Crippen LogP contribution in [0.5, 0.6) is 0 Å². The Hall–Kier alpha value is -2.14. The summed E-state index contributed by atoms with van der Waals surface area (Å²) < 4.78 is 34.5. The third-order valence-corrected chi connectivity index (χ3v) is 5.40. The number of methoxy groups -OCH3 is 1. The highest BCUT2D eigenvalue weighted by Crippen LogP contribution is 2.23. The number of benzene rings is 1. The zero-order valence-corrected chi connectivity index (χ0v) is 17.5. The number of oxazole rings is 1. The molecule has 1 aliphatic rings. The van der Waals surface area contributed by atoms with Gasteiger partial charge in [-0.05, 0) is 43.5 Å². The van der Waals surface area contributed by atoms with Crippen LogP contribution in [-0.4, -0.2) is 54.7 Å². The van der Waals surface area contributed by atoms with E-state index in [0.717, 1.165) is 13.0 Å². The van der Waals surface area contributed by atoms with E-state index in [4.69, 9.17) is 13.9 Å².